The van der Waals surface area contributed by atoms with Gasteiger partial charge in [-0.2, -0.15) is 0 Å². The van der Waals surface area contributed by atoms with E-state index < -0.39 is 0 Å². The van der Waals surface area contributed by atoms with Crippen LogP contribution in [0.25, 0.3) is 0 Å². The van der Waals surface area contributed by atoms with Crippen molar-refractivity contribution in [1.82, 2.24) is 4.90 Å². The van der Waals surface area contributed by atoms with Gasteiger partial charge >= 0.3 is 0 Å². The van der Waals surface area contributed by atoms with Gasteiger partial charge in [0.1, 0.15) is 0 Å². The van der Waals surface area contributed by atoms with E-state index in [1.165, 1.54) is 6.42 Å². The molecule has 0 unspecified atom stereocenters. The van der Waals surface area contributed by atoms with Crippen molar-refractivity contribution in [2.45, 2.75) is 44.8 Å². The molecule has 11 heavy (non-hydrogen) atoms. The lowest BCUT2D eigenvalue weighted by molar-refractivity contribution is -0.195. The van der Waals surface area contributed by atoms with Crippen LogP contribution in [0.3, 0.4) is 0 Å². The van der Waals surface area contributed by atoms with Crippen molar-refractivity contribution in [2.24, 2.45) is 0 Å². The third-order valence-corrected chi connectivity index (χ3v) is 2.97. The minimum absolute atomic E-state index is 0.372. The molecule has 0 aromatic carbocycles. The summed E-state index contributed by atoms with van der Waals surface area (Å²) < 4.78 is 5.47. The lowest BCUT2D eigenvalue weighted by Crippen LogP contribution is -2.73. The van der Waals surface area contributed by atoms with E-state index in [1.54, 1.807) is 0 Å². The number of hydrogen-bond donors (Lipinski definition) is 0. The average Bonchev–Trinajstić information content (AvgIpc) is 1.85. The van der Waals surface area contributed by atoms with E-state index in [4.69, 9.17) is 4.74 Å². The van der Waals surface area contributed by atoms with Gasteiger partial charge in [-0.25, -0.2) is 0 Å². The van der Waals surface area contributed by atoms with Crippen LogP contribution in [-0.2, 0) is 4.74 Å². The molecule has 2 bridgehead atoms. The summed E-state index contributed by atoms with van der Waals surface area (Å²) in [6.45, 7) is 8.74. The smallest absolute Gasteiger partial charge is 0.0649 e. The number of rotatable bonds is 1. The molecule has 0 radical (unpaired) electrons. The first-order valence-corrected chi connectivity index (χ1v) is 4.50. The molecular weight excluding hydrogens is 138 g/mol. The van der Waals surface area contributed by atoms with Crippen molar-refractivity contribution >= 4 is 0 Å². The van der Waals surface area contributed by atoms with Crippen molar-refractivity contribution in [3.63, 3.8) is 0 Å². The fraction of sp³-hybridized carbons (Fsp3) is 1.00. The van der Waals surface area contributed by atoms with Crippen LogP contribution in [0.4, 0.5) is 0 Å². The van der Waals surface area contributed by atoms with Crippen LogP contribution in [-0.4, -0.2) is 35.7 Å². The molecule has 2 atom stereocenters. The van der Waals surface area contributed by atoms with Crippen LogP contribution < -0.4 is 0 Å². The van der Waals surface area contributed by atoms with E-state index in [9.17, 15) is 0 Å². The number of morpholine rings is 1. The van der Waals surface area contributed by atoms with Crippen LogP contribution >= 0.6 is 0 Å². The van der Waals surface area contributed by atoms with E-state index in [-0.39, 0.29) is 0 Å². The van der Waals surface area contributed by atoms with Crippen LogP contribution in [0, 0.1) is 0 Å². The van der Waals surface area contributed by atoms with Crippen molar-refractivity contribution in [3.8, 4) is 0 Å². The lowest BCUT2D eigenvalue weighted by atomic mass is 9.77. The Balaban J connectivity index is 2.11. The predicted molar refractivity (Wildman–Crippen MR) is 44.6 cm³/mol. The van der Waals surface area contributed by atoms with Crippen molar-refractivity contribution < 1.29 is 4.74 Å². The second kappa shape index (κ2) is 2.20. The molecule has 3 fully saturated rings. The maximum atomic E-state index is 5.47. The van der Waals surface area contributed by atoms with E-state index in [0.29, 0.717) is 17.6 Å². The quantitative estimate of drug-likeness (QED) is 0.565. The Morgan fingerprint density at radius 1 is 1.55 bits per heavy atom. The Labute approximate surface area is 68.5 Å². The summed E-state index contributed by atoms with van der Waals surface area (Å²) >= 11 is 0. The third-order valence-electron chi connectivity index (χ3n) is 2.97. The summed E-state index contributed by atoms with van der Waals surface area (Å²) in [6.07, 6.45) is 1.34. The topological polar surface area (TPSA) is 12.5 Å². The van der Waals surface area contributed by atoms with E-state index in [0.717, 1.165) is 13.2 Å². The van der Waals surface area contributed by atoms with Gasteiger partial charge in [-0.1, -0.05) is 0 Å². The van der Waals surface area contributed by atoms with Crippen molar-refractivity contribution in [2.75, 3.05) is 13.2 Å². The summed E-state index contributed by atoms with van der Waals surface area (Å²) in [5.74, 6) is 0. The normalized spacial score (nSPS) is 44.2. The van der Waals surface area contributed by atoms with E-state index in [2.05, 4.69) is 25.7 Å². The molecule has 3 heterocycles. The maximum absolute atomic E-state index is 5.47. The van der Waals surface area contributed by atoms with Crippen LogP contribution in [0.5, 0.6) is 0 Å². The minimum atomic E-state index is 0.372. The second-order valence-corrected chi connectivity index (χ2v) is 4.37. The van der Waals surface area contributed by atoms with Gasteiger partial charge < -0.3 is 4.74 Å². The highest BCUT2D eigenvalue weighted by atomic mass is 16.5. The highest BCUT2D eigenvalue weighted by Gasteiger charge is 2.52. The largest absolute Gasteiger partial charge is 0.378 e. The van der Waals surface area contributed by atoms with Gasteiger partial charge in [0.25, 0.3) is 0 Å². The molecule has 0 aliphatic carbocycles. The fourth-order valence-corrected chi connectivity index (χ4v) is 2.77. The second-order valence-electron chi connectivity index (χ2n) is 4.37. The zero-order valence-electron chi connectivity index (χ0n) is 7.63. The number of nitrogens with zero attached hydrogens (tertiary/aromatic N) is 1. The molecule has 3 rings (SSSR count). The van der Waals surface area contributed by atoms with Gasteiger partial charge in [0.2, 0.25) is 0 Å². The van der Waals surface area contributed by atoms with E-state index in [1.807, 2.05) is 0 Å². The van der Waals surface area contributed by atoms with Gasteiger partial charge in [0.05, 0.1) is 13.2 Å². The Kier molecular flexibility index (Phi) is 1.52. The predicted octanol–water partition coefficient (Wildman–Crippen LogP) is 1.26. The Hall–Kier alpha value is -0.0800. The molecule has 64 valence electrons. The molecule has 0 amide bonds. The standard InChI is InChI=1S/C9H17NO/c1-7(2)10-8-4-9(10,3)6-11-5-8/h7-8H,4-6H2,1-3H3/t8-,9+/m1/s1. The summed E-state index contributed by atoms with van der Waals surface area (Å²) in [5.41, 5.74) is 0.372. The fourth-order valence-electron chi connectivity index (χ4n) is 2.77. The van der Waals surface area contributed by atoms with Gasteiger partial charge in [0, 0.05) is 17.6 Å². The molecule has 0 aromatic rings. The summed E-state index contributed by atoms with van der Waals surface area (Å²) in [5, 5.41) is 0. The zero-order chi connectivity index (χ0) is 8.06. The molecule has 0 N–H and O–H groups in total. The summed E-state index contributed by atoms with van der Waals surface area (Å²) in [4.78, 5) is 2.59. The summed E-state index contributed by atoms with van der Waals surface area (Å²) in [6, 6.07) is 1.40. The number of hydrogen-bond acceptors (Lipinski definition) is 2. The van der Waals surface area contributed by atoms with Crippen molar-refractivity contribution in [3.05, 3.63) is 0 Å². The monoisotopic (exact) mass is 155 g/mol. The maximum Gasteiger partial charge on any atom is 0.0649 e. The molecule has 0 saturated carbocycles. The molecular formula is C9H17NO. The molecule has 3 aliphatic rings. The Bertz CT molecular complexity index is 165. The Morgan fingerprint density at radius 2 is 2.27 bits per heavy atom. The highest BCUT2D eigenvalue weighted by Crippen LogP contribution is 2.41. The van der Waals surface area contributed by atoms with Crippen LogP contribution in [0.1, 0.15) is 27.2 Å². The molecule has 0 aromatic heterocycles. The number of fused-ring (bicyclic) bond motifs is 2. The molecule has 3 saturated heterocycles. The molecule has 2 nitrogen and oxygen atoms in total. The zero-order valence-corrected chi connectivity index (χ0v) is 7.63. The first-order valence-electron chi connectivity index (χ1n) is 4.50. The lowest BCUT2D eigenvalue weighted by Gasteiger charge is -2.62. The van der Waals surface area contributed by atoms with Gasteiger partial charge in [0.15, 0.2) is 0 Å². The van der Waals surface area contributed by atoms with Crippen LogP contribution in [0.2, 0.25) is 0 Å². The van der Waals surface area contributed by atoms with Gasteiger partial charge in [-0.15, -0.1) is 0 Å². The van der Waals surface area contributed by atoms with E-state index >= 15 is 0 Å². The number of ether oxygens (including phenoxy) is 1. The van der Waals surface area contributed by atoms with Gasteiger partial charge in [-0.3, -0.25) is 4.90 Å². The molecule has 2 heteroatoms. The van der Waals surface area contributed by atoms with Gasteiger partial charge in [-0.05, 0) is 27.2 Å². The molecule has 3 aliphatic heterocycles. The van der Waals surface area contributed by atoms with Crippen LogP contribution in [0.15, 0.2) is 0 Å². The Morgan fingerprint density at radius 3 is 2.64 bits per heavy atom. The summed E-state index contributed by atoms with van der Waals surface area (Å²) in [7, 11) is 0. The minimum Gasteiger partial charge on any atom is -0.378 e. The first-order chi connectivity index (χ1) is 5.13. The SMILES string of the molecule is CC(C)N1[C@H]2COC[C@]1(C)C2. The molecule has 0 spiro atoms. The average molecular weight is 155 g/mol. The third kappa shape index (κ3) is 0.926. The first kappa shape index (κ1) is 7.56. The highest BCUT2D eigenvalue weighted by molar-refractivity contribution is 5.07. The van der Waals surface area contributed by atoms with Crippen molar-refractivity contribution in [1.29, 1.82) is 0 Å².